The van der Waals surface area contributed by atoms with E-state index >= 15 is 0 Å². The van der Waals surface area contributed by atoms with E-state index in [1.54, 1.807) is 6.92 Å². The molecule has 1 heterocycles. The van der Waals surface area contributed by atoms with Gasteiger partial charge in [0.2, 0.25) is 0 Å². The Morgan fingerprint density at radius 1 is 1.62 bits per heavy atom. The van der Waals surface area contributed by atoms with Gasteiger partial charge in [0.15, 0.2) is 0 Å². The molecule has 0 unspecified atom stereocenters. The van der Waals surface area contributed by atoms with Crippen LogP contribution in [-0.4, -0.2) is 0 Å². The molecule has 0 aliphatic carbocycles. The normalized spacial score (nSPS) is 11.8. The van der Waals surface area contributed by atoms with Crippen molar-refractivity contribution in [1.29, 1.82) is 0 Å². The molecule has 1 aromatic heterocycles. The molecule has 0 aliphatic rings. The van der Waals surface area contributed by atoms with Crippen LogP contribution in [0.1, 0.15) is 25.2 Å². The highest BCUT2D eigenvalue weighted by atomic mass is 127. The van der Waals surface area contributed by atoms with Gasteiger partial charge in [-0.1, -0.05) is 6.08 Å². The van der Waals surface area contributed by atoms with Gasteiger partial charge in [0.1, 0.15) is 5.76 Å². The highest BCUT2D eigenvalue weighted by molar-refractivity contribution is 14.1. The fourth-order valence-corrected chi connectivity index (χ4v) is 1.94. The van der Waals surface area contributed by atoms with E-state index in [0.717, 1.165) is 9.14 Å². The van der Waals surface area contributed by atoms with Crippen LogP contribution in [-0.2, 0) is 0 Å². The second kappa shape index (κ2) is 4.09. The number of rotatable bonds is 1. The Labute approximate surface area is 90.8 Å². The second-order valence-electron chi connectivity index (χ2n) is 2.87. The maximum absolute atomic E-state index is 11.2. The first kappa shape index (κ1) is 10.5. The van der Waals surface area contributed by atoms with E-state index in [-0.39, 0.29) is 5.63 Å². The van der Waals surface area contributed by atoms with Crippen molar-refractivity contribution in [3.63, 3.8) is 0 Å². The fraction of sp³-hybridized carbons (Fsp3) is 0.300. The number of hydrogen-bond donors (Lipinski definition) is 0. The van der Waals surface area contributed by atoms with E-state index in [1.807, 2.05) is 26.0 Å². The summed E-state index contributed by atoms with van der Waals surface area (Å²) in [6, 6.07) is 1.84. The van der Waals surface area contributed by atoms with Gasteiger partial charge in [-0.05, 0) is 55.0 Å². The van der Waals surface area contributed by atoms with Gasteiger partial charge in [-0.3, -0.25) is 0 Å². The minimum absolute atomic E-state index is 0.253. The molecule has 0 atom stereocenters. The molecule has 0 saturated carbocycles. The van der Waals surface area contributed by atoms with Crippen LogP contribution in [0, 0.1) is 10.5 Å². The molecule has 0 aromatic carbocycles. The zero-order chi connectivity index (χ0) is 10.0. The van der Waals surface area contributed by atoms with E-state index in [1.165, 1.54) is 0 Å². The third-order valence-corrected chi connectivity index (χ3v) is 2.67. The fourth-order valence-electron chi connectivity index (χ4n) is 0.936. The second-order valence-corrected chi connectivity index (χ2v) is 4.03. The van der Waals surface area contributed by atoms with Crippen LogP contribution in [0.25, 0.3) is 5.57 Å². The summed E-state index contributed by atoms with van der Waals surface area (Å²) in [6.07, 6.45) is 1.93. The molecule has 0 N–H and O–H groups in total. The van der Waals surface area contributed by atoms with Crippen molar-refractivity contribution < 1.29 is 4.42 Å². The van der Waals surface area contributed by atoms with E-state index in [9.17, 15) is 4.79 Å². The van der Waals surface area contributed by atoms with E-state index in [0.29, 0.717) is 11.3 Å². The Kier molecular flexibility index (Phi) is 3.30. The Balaban J connectivity index is 3.40. The summed E-state index contributed by atoms with van der Waals surface area (Å²) in [5, 5.41) is 0. The lowest BCUT2D eigenvalue weighted by atomic mass is 10.2. The molecular formula is C10H11IO2. The zero-order valence-electron chi connectivity index (χ0n) is 7.85. The molecule has 0 radical (unpaired) electrons. The SMILES string of the molecule is CC=C(C)c1oc(=O)c(C)cc1I. The lowest BCUT2D eigenvalue weighted by Crippen LogP contribution is -2.05. The molecule has 0 spiro atoms. The Bertz CT molecular complexity index is 402. The first-order valence-electron chi connectivity index (χ1n) is 3.99. The van der Waals surface area contributed by atoms with Crippen LogP contribution in [0.3, 0.4) is 0 Å². The largest absolute Gasteiger partial charge is 0.422 e. The van der Waals surface area contributed by atoms with Gasteiger partial charge >= 0.3 is 5.63 Å². The highest BCUT2D eigenvalue weighted by Gasteiger charge is 2.07. The number of hydrogen-bond acceptors (Lipinski definition) is 2. The van der Waals surface area contributed by atoms with Crippen molar-refractivity contribution in [3.8, 4) is 0 Å². The van der Waals surface area contributed by atoms with Crippen molar-refractivity contribution in [2.24, 2.45) is 0 Å². The minimum Gasteiger partial charge on any atom is -0.422 e. The highest BCUT2D eigenvalue weighted by Crippen LogP contribution is 2.19. The predicted octanol–water partition coefficient (Wildman–Crippen LogP) is 2.98. The molecule has 2 nitrogen and oxygen atoms in total. The molecule has 0 aliphatic heterocycles. The van der Waals surface area contributed by atoms with E-state index < -0.39 is 0 Å². The summed E-state index contributed by atoms with van der Waals surface area (Å²) in [5.41, 5.74) is 1.38. The maximum atomic E-state index is 11.2. The summed E-state index contributed by atoms with van der Waals surface area (Å²) < 4.78 is 6.14. The molecule has 0 amide bonds. The van der Waals surface area contributed by atoms with Gasteiger partial charge < -0.3 is 4.42 Å². The maximum Gasteiger partial charge on any atom is 0.339 e. The average Bonchev–Trinajstić information content (AvgIpc) is 2.10. The van der Waals surface area contributed by atoms with Crippen molar-refractivity contribution in [2.45, 2.75) is 20.8 Å². The number of allylic oxidation sites excluding steroid dienone is 2. The molecule has 3 heteroatoms. The smallest absolute Gasteiger partial charge is 0.339 e. The summed E-state index contributed by atoms with van der Waals surface area (Å²) in [5.74, 6) is 0.679. The zero-order valence-corrected chi connectivity index (χ0v) is 10.0. The van der Waals surface area contributed by atoms with Gasteiger partial charge in [-0.25, -0.2) is 4.79 Å². The predicted molar refractivity (Wildman–Crippen MR) is 61.8 cm³/mol. The summed E-state index contributed by atoms with van der Waals surface area (Å²) in [6.45, 7) is 5.60. The topological polar surface area (TPSA) is 30.2 Å². The standard InChI is InChI=1S/C10H11IO2/c1-4-6(2)9-8(11)5-7(3)10(12)13-9/h4-5H,1-3H3. The quantitative estimate of drug-likeness (QED) is 0.744. The van der Waals surface area contributed by atoms with Crippen LogP contribution >= 0.6 is 22.6 Å². The molecular weight excluding hydrogens is 279 g/mol. The van der Waals surface area contributed by atoms with Crippen LogP contribution in [0.5, 0.6) is 0 Å². The van der Waals surface area contributed by atoms with Crippen LogP contribution < -0.4 is 5.63 Å². The monoisotopic (exact) mass is 290 g/mol. The number of halogens is 1. The van der Waals surface area contributed by atoms with E-state index in [4.69, 9.17) is 4.42 Å². The van der Waals surface area contributed by atoms with Crippen LogP contribution in [0.15, 0.2) is 21.4 Å². The third-order valence-electron chi connectivity index (χ3n) is 1.87. The first-order valence-corrected chi connectivity index (χ1v) is 5.07. The Morgan fingerprint density at radius 2 is 2.23 bits per heavy atom. The molecule has 0 bridgehead atoms. The minimum atomic E-state index is -0.253. The molecule has 1 rings (SSSR count). The van der Waals surface area contributed by atoms with Gasteiger partial charge in [0.05, 0.1) is 3.57 Å². The van der Waals surface area contributed by atoms with Gasteiger partial charge in [0.25, 0.3) is 0 Å². The van der Waals surface area contributed by atoms with Crippen molar-refractivity contribution in [1.82, 2.24) is 0 Å². The van der Waals surface area contributed by atoms with Crippen molar-refractivity contribution in [2.75, 3.05) is 0 Å². The van der Waals surface area contributed by atoms with Gasteiger partial charge in [0, 0.05) is 5.56 Å². The molecule has 0 fully saturated rings. The average molecular weight is 290 g/mol. The van der Waals surface area contributed by atoms with Crippen molar-refractivity contribution in [3.05, 3.63) is 37.5 Å². The lowest BCUT2D eigenvalue weighted by Gasteiger charge is -2.02. The molecule has 1 aromatic rings. The van der Waals surface area contributed by atoms with Crippen molar-refractivity contribution >= 4 is 28.2 Å². The van der Waals surface area contributed by atoms with Crippen LogP contribution in [0.2, 0.25) is 0 Å². The lowest BCUT2D eigenvalue weighted by molar-refractivity contribution is 0.488. The first-order chi connectivity index (χ1) is 6.06. The van der Waals surface area contributed by atoms with Crippen LogP contribution in [0.4, 0.5) is 0 Å². The number of aryl methyl sites for hydroxylation is 1. The van der Waals surface area contributed by atoms with Gasteiger partial charge in [-0.2, -0.15) is 0 Å². The molecule has 13 heavy (non-hydrogen) atoms. The third kappa shape index (κ3) is 2.21. The summed E-state index contributed by atoms with van der Waals surface area (Å²) in [7, 11) is 0. The molecule has 0 saturated heterocycles. The van der Waals surface area contributed by atoms with E-state index in [2.05, 4.69) is 22.6 Å². The van der Waals surface area contributed by atoms with Gasteiger partial charge in [-0.15, -0.1) is 0 Å². The molecule has 70 valence electrons. The summed E-state index contributed by atoms with van der Waals surface area (Å²) >= 11 is 2.17. The Morgan fingerprint density at radius 3 is 2.77 bits per heavy atom. The summed E-state index contributed by atoms with van der Waals surface area (Å²) in [4.78, 5) is 11.2. The Hall–Kier alpha value is -0.580.